The predicted molar refractivity (Wildman–Crippen MR) is 156 cm³/mol. The highest BCUT2D eigenvalue weighted by molar-refractivity contribution is 6.18. The first kappa shape index (κ1) is 38.3. The Morgan fingerprint density at radius 2 is 1.42 bits per heavy atom. The monoisotopic (exact) mass is 682 g/mol. The number of carboxylic acid groups (broad SMARTS) is 2. The molecule has 15 nitrogen and oxygen atoms in total. The van der Waals surface area contributed by atoms with Crippen molar-refractivity contribution in [3.8, 4) is 23.0 Å². The summed E-state index contributed by atoms with van der Waals surface area (Å²) < 4.78 is 37.4. The quantitative estimate of drug-likeness (QED) is 0.131. The molecule has 48 heavy (non-hydrogen) atoms. The number of aliphatic carboxylic acids is 1. The zero-order valence-electron chi connectivity index (χ0n) is 24.4. The van der Waals surface area contributed by atoms with Gasteiger partial charge in [-0.1, -0.05) is 6.07 Å². The summed E-state index contributed by atoms with van der Waals surface area (Å²) in [5, 5.41) is 63.1. The van der Waals surface area contributed by atoms with Gasteiger partial charge < -0.3 is 51.5 Å². The highest BCUT2D eigenvalue weighted by Gasteiger charge is 2.38. The van der Waals surface area contributed by atoms with Crippen LogP contribution in [0.4, 0.5) is 13.2 Å². The first-order chi connectivity index (χ1) is 22.0. The van der Waals surface area contributed by atoms with Crippen molar-refractivity contribution in [3.63, 3.8) is 0 Å². The number of amides is 1. The van der Waals surface area contributed by atoms with Gasteiger partial charge >= 0.3 is 24.1 Å². The van der Waals surface area contributed by atoms with Crippen LogP contribution >= 0.6 is 0 Å². The molecule has 1 fully saturated rings. The van der Waals surface area contributed by atoms with Gasteiger partial charge in [-0.2, -0.15) is 13.2 Å². The van der Waals surface area contributed by atoms with Crippen LogP contribution in [0.1, 0.15) is 59.8 Å². The molecule has 0 aliphatic carbocycles. The number of nitrogens with one attached hydrogen (secondary N) is 2. The third-order valence-electron chi connectivity index (χ3n) is 6.66. The minimum Gasteiger partial charge on any atom is -0.508 e. The largest absolute Gasteiger partial charge is 0.508 e. The summed E-state index contributed by atoms with van der Waals surface area (Å²) in [4.78, 5) is 59.2. The molecule has 1 aliphatic heterocycles. The average molecular weight is 683 g/mol. The van der Waals surface area contributed by atoms with Crippen molar-refractivity contribution in [1.29, 1.82) is 0 Å². The van der Waals surface area contributed by atoms with Crippen LogP contribution < -0.4 is 10.6 Å². The van der Waals surface area contributed by atoms with Crippen molar-refractivity contribution < 1.29 is 78.0 Å². The van der Waals surface area contributed by atoms with Crippen LogP contribution in [0.3, 0.4) is 0 Å². The summed E-state index contributed by atoms with van der Waals surface area (Å²) >= 11 is 0. The second-order valence-electron chi connectivity index (χ2n) is 9.94. The summed E-state index contributed by atoms with van der Waals surface area (Å²) in [5.41, 5.74) is -1.91. The van der Waals surface area contributed by atoms with Crippen molar-refractivity contribution in [2.24, 2.45) is 0 Å². The zero-order chi connectivity index (χ0) is 35.1. The number of phenolic OH excluding ortho intramolecular Hbond substituents is 4. The number of halogens is 3. The molecule has 10 N–H and O–H groups in total. The van der Waals surface area contributed by atoms with E-state index in [1.807, 2.05) is 0 Å². The Labute approximate surface area is 268 Å². The lowest BCUT2D eigenvalue weighted by Crippen LogP contribution is -2.49. The number of esters is 1. The van der Waals surface area contributed by atoms with Crippen molar-refractivity contribution in [2.45, 2.75) is 31.2 Å². The number of hydrogen-bond donors (Lipinski definition) is 8. The molecule has 0 unspecified atom stereocenters. The van der Waals surface area contributed by atoms with E-state index in [2.05, 4.69) is 10.6 Å². The molecular formula is C30H29F3N2O13. The molecule has 1 heterocycles. The second kappa shape index (κ2) is 16.1. The van der Waals surface area contributed by atoms with E-state index < -0.39 is 81.9 Å². The van der Waals surface area contributed by atoms with E-state index in [1.165, 1.54) is 30.3 Å². The van der Waals surface area contributed by atoms with Crippen LogP contribution in [0.5, 0.6) is 23.0 Å². The van der Waals surface area contributed by atoms with E-state index in [0.717, 1.165) is 24.3 Å². The third-order valence-corrected chi connectivity index (χ3v) is 6.66. The van der Waals surface area contributed by atoms with Crippen LogP contribution in [-0.4, -0.2) is 97.1 Å². The topological polar surface area (TPSA) is 272 Å². The fourth-order valence-corrected chi connectivity index (χ4v) is 4.42. The molecule has 1 saturated heterocycles. The number of benzene rings is 3. The van der Waals surface area contributed by atoms with Gasteiger partial charge in [0.25, 0.3) is 5.91 Å². The van der Waals surface area contributed by atoms with E-state index >= 15 is 0 Å². The third kappa shape index (κ3) is 9.56. The molecule has 0 radical (unpaired) electrons. The summed E-state index contributed by atoms with van der Waals surface area (Å²) in [6.07, 6.45) is -4.85. The molecular weight excluding hydrogens is 653 g/mol. The Hall–Kier alpha value is -5.88. The number of carbonyl (C=O) groups is 5. The van der Waals surface area contributed by atoms with Crippen LogP contribution in [-0.2, 0) is 9.53 Å². The lowest BCUT2D eigenvalue weighted by Gasteiger charge is -2.26. The maximum atomic E-state index is 13.0. The lowest BCUT2D eigenvalue weighted by molar-refractivity contribution is -0.192. The van der Waals surface area contributed by atoms with Crippen LogP contribution in [0.15, 0.2) is 54.6 Å². The Bertz CT molecular complexity index is 1650. The smallest absolute Gasteiger partial charge is 0.490 e. The number of rotatable bonds is 7. The van der Waals surface area contributed by atoms with Gasteiger partial charge in [0.1, 0.15) is 34.7 Å². The molecule has 18 heteroatoms. The van der Waals surface area contributed by atoms with E-state index in [1.54, 1.807) is 0 Å². The van der Waals surface area contributed by atoms with Crippen molar-refractivity contribution in [2.75, 3.05) is 13.1 Å². The number of phenols is 4. The minimum absolute atomic E-state index is 0. The molecule has 4 rings (SSSR count). The zero-order valence-corrected chi connectivity index (χ0v) is 24.4. The standard InChI is InChI=1S/C28H26N2O10.C2HF3O2.H2O/c31-16-8-6-14(7-9-16)26(36)30-18-13-29-10-2-5-22(18)40-28(39)15-11-20(33)24(21(34)12-15)25(35)23-17(27(37)38)3-1-4-19(23)32;3-2(4,5)1(6)7;/h1,3-4,6-9,11-12,18,22,29,31-34H,2,5,10,13H2,(H,30,36)(H,37,38);(H,6,7);1H2/t18-,22-;;/m1../s1. The number of ether oxygens (including phenoxy) is 1. The van der Waals surface area contributed by atoms with Crippen LogP contribution in [0.2, 0.25) is 0 Å². The fourth-order valence-electron chi connectivity index (χ4n) is 4.42. The highest BCUT2D eigenvalue weighted by Crippen LogP contribution is 2.35. The van der Waals surface area contributed by atoms with E-state index in [-0.39, 0.29) is 28.9 Å². The Morgan fingerprint density at radius 1 is 0.833 bits per heavy atom. The maximum absolute atomic E-state index is 13.0. The molecule has 0 spiro atoms. The summed E-state index contributed by atoms with van der Waals surface area (Å²) in [5.74, 6) is -9.18. The van der Waals surface area contributed by atoms with Crippen LogP contribution in [0, 0.1) is 0 Å². The first-order valence-corrected chi connectivity index (χ1v) is 13.5. The maximum Gasteiger partial charge on any atom is 0.490 e. The van der Waals surface area contributed by atoms with Gasteiger partial charge in [-0.15, -0.1) is 0 Å². The van der Waals surface area contributed by atoms with Gasteiger partial charge in [0.15, 0.2) is 0 Å². The van der Waals surface area contributed by atoms with Gasteiger partial charge in [-0.05, 0) is 67.9 Å². The minimum atomic E-state index is -5.08. The summed E-state index contributed by atoms with van der Waals surface area (Å²) in [6, 6.07) is 10.1. The molecule has 0 bridgehead atoms. The van der Waals surface area contributed by atoms with E-state index in [0.29, 0.717) is 19.4 Å². The Balaban J connectivity index is 0.000000902. The number of carbonyl (C=O) groups excluding carboxylic acids is 3. The number of alkyl halides is 3. The number of aromatic carboxylic acids is 1. The summed E-state index contributed by atoms with van der Waals surface area (Å²) in [7, 11) is 0. The average Bonchev–Trinajstić information content (AvgIpc) is 3.21. The van der Waals surface area contributed by atoms with Gasteiger partial charge in [0, 0.05) is 12.1 Å². The van der Waals surface area contributed by atoms with Crippen LogP contribution in [0.25, 0.3) is 0 Å². The fraction of sp³-hybridized carbons (Fsp3) is 0.233. The predicted octanol–water partition coefficient (Wildman–Crippen LogP) is 1.95. The Morgan fingerprint density at radius 3 is 1.96 bits per heavy atom. The molecule has 3 aromatic rings. The van der Waals surface area contributed by atoms with Crippen molar-refractivity contribution >= 4 is 29.6 Å². The molecule has 258 valence electrons. The van der Waals surface area contributed by atoms with E-state index in [4.69, 9.17) is 14.6 Å². The number of carboxylic acids is 2. The number of ketones is 1. The van der Waals surface area contributed by atoms with Gasteiger partial charge in [0.05, 0.1) is 22.7 Å². The molecule has 2 atom stereocenters. The number of aromatic hydroxyl groups is 4. The molecule has 0 saturated carbocycles. The Kier molecular flexibility index (Phi) is 12.8. The second-order valence-corrected chi connectivity index (χ2v) is 9.94. The molecule has 1 aliphatic rings. The first-order valence-electron chi connectivity index (χ1n) is 13.5. The normalized spacial score (nSPS) is 15.7. The molecule has 1 amide bonds. The van der Waals surface area contributed by atoms with Crippen molar-refractivity contribution in [1.82, 2.24) is 10.6 Å². The number of hydrogen-bond acceptors (Lipinski definition) is 11. The lowest BCUT2D eigenvalue weighted by atomic mass is 9.95. The van der Waals surface area contributed by atoms with Crippen molar-refractivity contribution in [3.05, 3.63) is 82.4 Å². The van der Waals surface area contributed by atoms with Gasteiger partial charge in [-0.25, -0.2) is 14.4 Å². The van der Waals surface area contributed by atoms with Gasteiger partial charge in [-0.3, -0.25) is 9.59 Å². The molecule has 0 aromatic heterocycles. The molecule has 3 aromatic carbocycles. The van der Waals surface area contributed by atoms with Gasteiger partial charge in [0.2, 0.25) is 5.78 Å². The SMILES string of the molecule is O.O=C(N[C@@H]1CNCCC[C@H]1OC(=O)c1cc(O)c(C(=O)c2c(O)cccc2C(=O)O)c(O)c1)c1ccc(O)cc1.O=C(O)C(F)(F)F. The van der Waals surface area contributed by atoms with E-state index in [9.17, 15) is 57.9 Å². The summed E-state index contributed by atoms with van der Waals surface area (Å²) in [6.45, 7) is 0.904. The highest BCUT2D eigenvalue weighted by atomic mass is 19.4.